The average molecular weight is 256 g/mol. The maximum atomic E-state index is 5.62. The van der Waals surface area contributed by atoms with Gasteiger partial charge in [-0.3, -0.25) is 4.98 Å². The largest absolute Gasteiger partial charge is 0.352 e. The zero-order valence-electron chi connectivity index (χ0n) is 11.3. The SMILES string of the molecule is Cc1cccc(N(CCCN)Cc2cccnc2)n1. The first-order chi connectivity index (χ1) is 9.29. The lowest BCUT2D eigenvalue weighted by atomic mass is 10.2. The molecule has 0 spiro atoms. The van der Waals surface area contributed by atoms with E-state index in [4.69, 9.17) is 5.73 Å². The Morgan fingerprint density at radius 3 is 2.79 bits per heavy atom. The summed E-state index contributed by atoms with van der Waals surface area (Å²) in [7, 11) is 0. The van der Waals surface area contributed by atoms with Crippen molar-refractivity contribution in [3.8, 4) is 0 Å². The Hall–Kier alpha value is -1.94. The minimum atomic E-state index is 0.690. The number of pyridine rings is 2. The molecule has 0 radical (unpaired) electrons. The van der Waals surface area contributed by atoms with Crippen molar-refractivity contribution in [3.05, 3.63) is 54.0 Å². The highest BCUT2D eigenvalue weighted by atomic mass is 15.2. The minimum absolute atomic E-state index is 0.690. The third-order valence-corrected chi connectivity index (χ3v) is 2.93. The van der Waals surface area contributed by atoms with Gasteiger partial charge >= 0.3 is 0 Å². The number of nitrogens with zero attached hydrogens (tertiary/aromatic N) is 3. The van der Waals surface area contributed by atoms with Gasteiger partial charge < -0.3 is 10.6 Å². The molecule has 4 nitrogen and oxygen atoms in total. The number of nitrogens with two attached hydrogens (primary N) is 1. The Morgan fingerprint density at radius 2 is 2.11 bits per heavy atom. The van der Waals surface area contributed by atoms with Gasteiger partial charge in [0.15, 0.2) is 0 Å². The number of rotatable bonds is 6. The number of anilines is 1. The van der Waals surface area contributed by atoms with E-state index in [-0.39, 0.29) is 0 Å². The predicted octanol–water partition coefficient (Wildman–Crippen LogP) is 2.14. The quantitative estimate of drug-likeness (QED) is 0.860. The molecule has 0 unspecified atom stereocenters. The molecule has 19 heavy (non-hydrogen) atoms. The van der Waals surface area contributed by atoms with Crippen molar-refractivity contribution in [2.45, 2.75) is 19.9 Å². The monoisotopic (exact) mass is 256 g/mol. The lowest BCUT2D eigenvalue weighted by Crippen LogP contribution is -2.26. The van der Waals surface area contributed by atoms with Crippen molar-refractivity contribution in [1.82, 2.24) is 9.97 Å². The second-order valence-corrected chi connectivity index (χ2v) is 4.56. The topological polar surface area (TPSA) is 55.0 Å². The highest BCUT2D eigenvalue weighted by Crippen LogP contribution is 2.15. The molecule has 2 aromatic rings. The van der Waals surface area contributed by atoms with Crippen molar-refractivity contribution >= 4 is 5.82 Å². The van der Waals surface area contributed by atoms with E-state index in [2.05, 4.69) is 20.9 Å². The third-order valence-electron chi connectivity index (χ3n) is 2.93. The second kappa shape index (κ2) is 6.85. The fourth-order valence-corrected chi connectivity index (χ4v) is 1.97. The summed E-state index contributed by atoms with van der Waals surface area (Å²) in [4.78, 5) is 11.0. The van der Waals surface area contributed by atoms with Crippen LogP contribution in [0.4, 0.5) is 5.82 Å². The summed E-state index contributed by atoms with van der Waals surface area (Å²) in [5.74, 6) is 0.998. The van der Waals surface area contributed by atoms with Crippen LogP contribution in [0.5, 0.6) is 0 Å². The van der Waals surface area contributed by atoms with Crippen LogP contribution in [0.25, 0.3) is 0 Å². The van der Waals surface area contributed by atoms with Crippen LogP contribution in [0, 0.1) is 6.92 Å². The van der Waals surface area contributed by atoms with E-state index in [9.17, 15) is 0 Å². The van der Waals surface area contributed by atoms with Crippen LogP contribution in [0.1, 0.15) is 17.7 Å². The highest BCUT2D eigenvalue weighted by Gasteiger charge is 2.08. The molecule has 2 aromatic heterocycles. The number of aryl methyl sites for hydroxylation is 1. The normalized spacial score (nSPS) is 10.4. The summed E-state index contributed by atoms with van der Waals surface area (Å²) >= 11 is 0. The Kier molecular flexibility index (Phi) is 4.86. The predicted molar refractivity (Wildman–Crippen MR) is 77.9 cm³/mol. The van der Waals surface area contributed by atoms with Crippen molar-refractivity contribution in [2.75, 3.05) is 18.0 Å². The molecule has 0 bridgehead atoms. The molecule has 2 rings (SSSR count). The van der Waals surface area contributed by atoms with Crippen molar-refractivity contribution in [1.29, 1.82) is 0 Å². The molecule has 0 atom stereocenters. The lowest BCUT2D eigenvalue weighted by Gasteiger charge is -2.23. The molecular formula is C15H20N4. The molecular weight excluding hydrogens is 236 g/mol. The van der Waals surface area contributed by atoms with Crippen LogP contribution in [0.2, 0.25) is 0 Å². The molecule has 100 valence electrons. The van der Waals surface area contributed by atoms with E-state index < -0.39 is 0 Å². The van der Waals surface area contributed by atoms with Crippen molar-refractivity contribution < 1.29 is 0 Å². The Labute approximate surface area is 114 Å². The van der Waals surface area contributed by atoms with E-state index in [0.717, 1.165) is 31.0 Å². The van der Waals surface area contributed by atoms with E-state index in [1.807, 2.05) is 37.4 Å². The van der Waals surface area contributed by atoms with Crippen molar-refractivity contribution in [3.63, 3.8) is 0 Å². The van der Waals surface area contributed by atoms with Gasteiger partial charge in [-0.25, -0.2) is 4.98 Å². The molecule has 2 heterocycles. The maximum Gasteiger partial charge on any atom is 0.129 e. The summed E-state index contributed by atoms with van der Waals surface area (Å²) in [6.45, 7) is 4.41. The number of hydrogen-bond donors (Lipinski definition) is 1. The molecule has 0 saturated carbocycles. The molecule has 2 N–H and O–H groups in total. The second-order valence-electron chi connectivity index (χ2n) is 4.56. The van der Waals surface area contributed by atoms with Gasteiger partial charge in [-0.15, -0.1) is 0 Å². The minimum Gasteiger partial charge on any atom is -0.352 e. The zero-order chi connectivity index (χ0) is 13.5. The highest BCUT2D eigenvalue weighted by molar-refractivity contribution is 5.40. The summed E-state index contributed by atoms with van der Waals surface area (Å²) < 4.78 is 0. The smallest absolute Gasteiger partial charge is 0.129 e. The van der Waals surface area contributed by atoms with Gasteiger partial charge in [0.25, 0.3) is 0 Å². The van der Waals surface area contributed by atoms with E-state index in [1.165, 1.54) is 5.56 Å². The van der Waals surface area contributed by atoms with Gasteiger partial charge in [0.2, 0.25) is 0 Å². The molecule has 0 aliphatic heterocycles. The Morgan fingerprint density at radius 1 is 1.21 bits per heavy atom. The van der Waals surface area contributed by atoms with Crippen LogP contribution in [0.3, 0.4) is 0 Å². The molecule has 0 saturated heterocycles. The van der Waals surface area contributed by atoms with Gasteiger partial charge in [-0.05, 0) is 43.7 Å². The van der Waals surface area contributed by atoms with Gasteiger partial charge in [-0.2, -0.15) is 0 Å². The van der Waals surface area contributed by atoms with Crippen LogP contribution in [0.15, 0.2) is 42.7 Å². The Balaban J connectivity index is 2.16. The number of hydrogen-bond acceptors (Lipinski definition) is 4. The van der Waals surface area contributed by atoms with Crippen molar-refractivity contribution in [2.24, 2.45) is 5.73 Å². The van der Waals surface area contributed by atoms with Gasteiger partial charge in [-0.1, -0.05) is 12.1 Å². The fraction of sp³-hybridized carbons (Fsp3) is 0.333. The van der Waals surface area contributed by atoms with E-state index >= 15 is 0 Å². The lowest BCUT2D eigenvalue weighted by molar-refractivity contribution is 0.723. The van der Waals surface area contributed by atoms with E-state index in [1.54, 1.807) is 6.20 Å². The van der Waals surface area contributed by atoms with Gasteiger partial charge in [0.05, 0.1) is 0 Å². The zero-order valence-corrected chi connectivity index (χ0v) is 11.3. The Bertz CT molecular complexity index is 499. The molecule has 0 aromatic carbocycles. The first-order valence-corrected chi connectivity index (χ1v) is 6.57. The standard InChI is InChI=1S/C15H20N4/c1-13-5-2-7-15(18-13)19(10-4-8-16)12-14-6-3-9-17-11-14/h2-3,5-7,9,11H,4,8,10,12,16H2,1H3. The van der Waals surface area contributed by atoms with Crippen LogP contribution < -0.4 is 10.6 Å². The fourth-order valence-electron chi connectivity index (χ4n) is 1.97. The van der Waals surface area contributed by atoms with Gasteiger partial charge in [0.1, 0.15) is 5.82 Å². The maximum absolute atomic E-state index is 5.62. The molecule has 0 aliphatic rings. The first-order valence-electron chi connectivity index (χ1n) is 6.57. The first kappa shape index (κ1) is 13.5. The summed E-state index contributed by atoms with van der Waals surface area (Å²) in [6, 6.07) is 10.1. The average Bonchev–Trinajstić information content (AvgIpc) is 2.44. The number of aromatic nitrogens is 2. The van der Waals surface area contributed by atoms with Crippen LogP contribution in [-0.2, 0) is 6.54 Å². The van der Waals surface area contributed by atoms with Gasteiger partial charge in [0, 0.05) is 31.2 Å². The third kappa shape index (κ3) is 4.03. The molecule has 4 heteroatoms. The van der Waals surface area contributed by atoms with Crippen LogP contribution >= 0.6 is 0 Å². The summed E-state index contributed by atoms with van der Waals surface area (Å²) in [5, 5.41) is 0. The molecule has 0 aliphatic carbocycles. The molecule has 0 fully saturated rings. The van der Waals surface area contributed by atoms with Crippen LogP contribution in [-0.4, -0.2) is 23.1 Å². The summed E-state index contributed by atoms with van der Waals surface area (Å²) in [6.07, 6.45) is 4.64. The van der Waals surface area contributed by atoms with E-state index in [0.29, 0.717) is 6.54 Å². The molecule has 0 amide bonds. The summed E-state index contributed by atoms with van der Waals surface area (Å²) in [5.41, 5.74) is 7.83.